The van der Waals surface area contributed by atoms with Gasteiger partial charge in [-0.1, -0.05) is 0 Å². The molecule has 0 amide bonds. The lowest BCUT2D eigenvalue weighted by Crippen LogP contribution is -1.94. The number of benzene rings is 2. The molecule has 2 N–H and O–H groups in total. The molecule has 2 aromatic carbocycles. The molecule has 0 saturated heterocycles. The Bertz CT molecular complexity index is 1030. The second-order valence-corrected chi connectivity index (χ2v) is 7.10. The van der Waals surface area contributed by atoms with Gasteiger partial charge < -0.3 is 9.73 Å². The molecule has 0 aliphatic rings. The van der Waals surface area contributed by atoms with Crippen molar-refractivity contribution in [1.29, 1.82) is 0 Å². The highest BCUT2D eigenvalue weighted by molar-refractivity contribution is 14.1. The Morgan fingerprint density at radius 1 is 1.17 bits per heavy atom. The molecule has 0 spiro atoms. The Balaban J connectivity index is 1.85. The molecule has 0 aliphatic heterocycles. The Morgan fingerprint density at radius 3 is 2.74 bits per heavy atom. The maximum atomic E-state index is 11.3. The van der Waals surface area contributed by atoms with E-state index in [9.17, 15) is 4.79 Å². The zero-order valence-electron chi connectivity index (χ0n) is 11.7. The van der Waals surface area contributed by atoms with E-state index in [-0.39, 0.29) is 5.89 Å². The Morgan fingerprint density at radius 2 is 2.00 bits per heavy atom. The first-order valence-corrected chi connectivity index (χ1v) is 8.74. The summed E-state index contributed by atoms with van der Waals surface area (Å²) in [5, 5.41) is 12.8. The van der Waals surface area contributed by atoms with Crippen molar-refractivity contribution >= 4 is 55.4 Å². The number of aromatic nitrogens is 2. The van der Waals surface area contributed by atoms with Crippen molar-refractivity contribution in [1.82, 2.24) is 10.2 Å². The predicted molar refractivity (Wildman–Crippen MR) is 100 cm³/mol. The fourth-order valence-corrected chi connectivity index (χ4v) is 3.49. The average Bonchev–Trinajstić information content (AvgIpc) is 3.17. The molecule has 23 heavy (non-hydrogen) atoms. The van der Waals surface area contributed by atoms with Gasteiger partial charge in [-0.15, -0.1) is 16.4 Å². The highest BCUT2D eigenvalue weighted by Crippen LogP contribution is 2.35. The van der Waals surface area contributed by atoms with Gasteiger partial charge in [-0.3, -0.25) is 0 Å². The lowest BCUT2D eigenvalue weighted by atomic mass is 10.1. The molecule has 114 valence electrons. The van der Waals surface area contributed by atoms with E-state index in [1.807, 2.05) is 41.8 Å². The summed E-state index contributed by atoms with van der Waals surface area (Å²) in [6.07, 6.45) is 0. The summed E-state index contributed by atoms with van der Waals surface area (Å²) in [6, 6.07) is 14.1. The van der Waals surface area contributed by atoms with Crippen molar-refractivity contribution in [2.75, 3.05) is 5.32 Å². The highest BCUT2D eigenvalue weighted by atomic mass is 127. The van der Waals surface area contributed by atoms with Gasteiger partial charge in [0.1, 0.15) is 0 Å². The number of rotatable bonds is 3. The molecule has 2 aromatic heterocycles. The number of hydrogen-bond acceptors (Lipinski definition) is 5. The van der Waals surface area contributed by atoms with Crippen LogP contribution in [0, 0.1) is 3.57 Å². The molecule has 4 aromatic rings. The number of halogens is 1. The molecule has 7 heteroatoms. The average molecular weight is 435 g/mol. The van der Waals surface area contributed by atoms with E-state index >= 15 is 0 Å². The van der Waals surface area contributed by atoms with Gasteiger partial charge in [-0.25, -0.2) is 9.89 Å². The molecule has 0 radical (unpaired) electrons. The van der Waals surface area contributed by atoms with Crippen molar-refractivity contribution in [3.8, 4) is 11.5 Å². The molecule has 2 heterocycles. The summed E-state index contributed by atoms with van der Waals surface area (Å²) in [5.41, 5.74) is 2.54. The maximum absolute atomic E-state index is 11.3. The van der Waals surface area contributed by atoms with E-state index in [1.165, 1.54) is 3.57 Å². The third-order valence-corrected chi connectivity index (χ3v) is 4.98. The molecule has 0 atom stereocenters. The number of thiophene rings is 1. The van der Waals surface area contributed by atoms with Gasteiger partial charge in [0.2, 0.25) is 0 Å². The minimum Gasteiger partial charge on any atom is -0.388 e. The number of nitrogens with one attached hydrogen (secondary N) is 2. The van der Waals surface area contributed by atoms with Crippen LogP contribution in [0.4, 0.5) is 11.4 Å². The van der Waals surface area contributed by atoms with E-state index in [0.29, 0.717) is 0 Å². The topological polar surface area (TPSA) is 70.9 Å². The minimum atomic E-state index is -0.563. The third-order valence-electron chi connectivity index (χ3n) is 3.38. The monoisotopic (exact) mass is 435 g/mol. The molecular weight excluding hydrogens is 425 g/mol. The quantitative estimate of drug-likeness (QED) is 0.462. The number of fused-ring (bicyclic) bond motifs is 1. The van der Waals surface area contributed by atoms with E-state index in [2.05, 4.69) is 44.2 Å². The van der Waals surface area contributed by atoms with E-state index in [4.69, 9.17) is 4.42 Å². The SMILES string of the molecule is O=c1[nH]nc(-c2cc3sccc3cc2Nc2ccc(I)cc2)o1. The minimum absolute atomic E-state index is 0.276. The fraction of sp³-hybridized carbons (Fsp3) is 0. The van der Waals surface area contributed by atoms with Crippen molar-refractivity contribution < 1.29 is 4.42 Å². The zero-order valence-corrected chi connectivity index (χ0v) is 14.6. The number of hydrogen-bond donors (Lipinski definition) is 2. The lowest BCUT2D eigenvalue weighted by Gasteiger charge is -2.10. The van der Waals surface area contributed by atoms with E-state index in [1.54, 1.807) is 11.3 Å². The molecule has 0 saturated carbocycles. The van der Waals surface area contributed by atoms with Gasteiger partial charge >= 0.3 is 5.76 Å². The third kappa shape index (κ3) is 2.89. The van der Waals surface area contributed by atoms with Gasteiger partial charge in [0, 0.05) is 14.0 Å². The Hall–Kier alpha value is -2.13. The van der Waals surface area contributed by atoms with Crippen LogP contribution < -0.4 is 11.1 Å². The Kier molecular flexibility index (Phi) is 3.66. The van der Waals surface area contributed by atoms with Crippen LogP contribution in [0.5, 0.6) is 0 Å². The van der Waals surface area contributed by atoms with Crippen molar-refractivity contribution in [2.45, 2.75) is 0 Å². The van der Waals surface area contributed by atoms with Gasteiger partial charge in [0.15, 0.2) is 0 Å². The summed E-state index contributed by atoms with van der Waals surface area (Å²) >= 11 is 3.90. The molecule has 5 nitrogen and oxygen atoms in total. The summed E-state index contributed by atoms with van der Waals surface area (Å²) < 4.78 is 7.41. The number of nitrogens with zero attached hydrogens (tertiary/aromatic N) is 1. The van der Waals surface area contributed by atoms with Crippen LogP contribution in [0.3, 0.4) is 0 Å². The Labute approximate surface area is 148 Å². The fourth-order valence-electron chi connectivity index (χ4n) is 2.32. The molecular formula is C16H10IN3O2S. The first-order chi connectivity index (χ1) is 11.2. The smallest absolute Gasteiger partial charge is 0.388 e. The van der Waals surface area contributed by atoms with Gasteiger partial charge in [-0.2, -0.15) is 0 Å². The summed E-state index contributed by atoms with van der Waals surface area (Å²) in [6.45, 7) is 0. The highest BCUT2D eigenvalue weighted by Gasteiger charge is 2.13. The summed E-state index contributed by atoms with van der Waals surface area (Å²) in [4.78, 5) is 11.3. The van der Waals surface area contributed by atoms with Crippen molar-refractivity contribution in [2.24, 2.45) is 0 Å². The normalized spacial score (nSPS) is 11.0. The molecule has 0 bridgehead atoms. The summed E-state index contributed by atoms with van der Waals surface area (Å²) in [5.74, 6) is -0.287. The molecule has 4 rings (SSSR count). The van der Waals surface area contributed by atoms with Crippen LogP contribution in [0.2, 0.25) is 0 Å². The van der Waals surface area contributed by atoms with Crippen LogP contribution in [-0.4, -0.2) is 10.2 Å². The lowest BCUT2D eigenvalue weighted by molar-refractivity contribution is 0.527. The van der Waals surface area contributed by atoms with Crippen LogP contribution in [-0.2, 0) is 0 Å². The van der Waals surface area contributed by atoms with Crippen molar-refractivity contribution in [3.05, 3.63) is 62.0 Å². The molecule has 0 unspecified atom stereocenters. The van der Waals surface area contributed by atoms with Gasteiger partial charge in [-0.05, 0) is 75.8 Å². The first kappa shape index (κ1) is 14.5. The number of aromatic amines is 1. The zero-order chi connectivity index (χ0) is 15.8. The summed E-state index contributed by atoms with van der Waals surface area (Å²) in [7, 11) is 0. The first-order valence-electron chi connectivity index (χ1n) is 6.79. The number of anilines is 2. The molecule has 0 fully saturated rings. The second kappa shape index (κ2) is 5.82. The van der Waals surface area contributed by atoms with E-state index in [0.717, 1.165) is 27.0 Å². The van der Waals surface area contributed by atoms with Crippen LogP contribution >= 0.6 is 33.9 Å². The maximum Gasteiger partial charge on any atom is 0.434 e. The van der Waals surface area contributed by atoms with Crippen LogP contribution in [0.1, 0.15) is 0 Å². The van der Waals surface area contributed by atoms with Crippen LogP contribution in [0.15, 0.2) is 57.1 Å². The second-order valence-electron chi connectivity index (χ2n) is 4.91. The molecule has 0 aliphatic carbocycles. The van der Waals surface area contributed by atoms with Crippen molar-refractivity contribution in [3.63, 3.8) is 0 Å². The predicted octanol–water partition coefficient (Wildman–Crippen LogP) is 4.59. The van der Waals surface area contributed by atoms with Gasteiger partial charge in [0.25, 0.3) is 5.89 Å². The van der Waals surface area contributed by atoms with E-state index < -0.39 is 5.76 Å². The largest absolute Gasteiger partial charge is 0.434 e. The van der Waals surface area contributed by atoms with Gasteiger partial charge in [0.05, 0.1) is 11.3 Å². The standard InChI is InChI=1S/C16H10IN3O2S/c17-10-1-3-11(4-2-10)18-13-7-9-5-6-23-14(9)8-12(13)15-19-20-16(21)22-15/h1-8,18H,(H,20,21). The van der Waals surface area contributed by atoms with Crippen LogP contribution in [0.25, 0.3) is 21.5 Å². The number of H-pyrrole nitrogens is 1.